The van der Waals surface area contributed by atoms with Crippen LogP contribution in [0.15, 0.2) is 12.2 Å². The molecule has 0 atom stereocenters. The summed E-state index contributed by atoms with van der Waals surface area (Å²) in [5.41, 5.74) is 0.176. The Morgan fingerprint density at radius 3 is 1.26 bits per heavy atom. The Morgan fingerprint density at radius 1 is 0.947 bits per heavy atom. The van der Waals surface area contributed by atoms with Gasteiger partial charge in [-0.05, 0) is 6.92 Å². The quantitative estimate of drug-likeness (QED) is 0.522. The first kappa shape index (κ1) is 21.0. The van der Waals surface area contributed by atoms with E-state index in [2.05, 4.69) is 48.1 Å². The van der Waals surface area contributed by atoms with Crippen molar-refractivity contribution in [3.8, 4) is 0 Å². The Morgan fingerprint density at radius 2 is 1.16 bits per heavy atom. The van der Waals surface area contributed by atoms with Gasteiger partial charge in [-0.25, -0.2) is 4.79 Å². The molecule has 0 aromatic heterocycles. The van der Waals surface area contributed by atoms with Crippen molar-refractivity contribution in [3.05, 3.63) is 12.2 Å². The summed E-state index contributed by atoms with van der Waals surface area (Å²) in [4.78, 5) is 9.60. The van der Waals surface area contributed by atoms with Crippen LogP contribution in [0.1, 0.15) is 48.5 Å². The van der Waals surface area contributed by atoms with E-state index < -0.39 is 20.1 Å². The first-order chi connectivity index (χ1) is 8.56. The van der Waals surface area contributed by atoms with Crippen molar-refractivity contribution in [1.29, 1.82) is 0 Å². The third-order valence-electron chi connectivity index (χ3n) is 2.78. The standard InChI is InChI=1S/C4H6O2.3C4H9.Al/c1-3(2)4(5)6;3*1-4(2)3;/h1H2,2H3,(H,5,6);3*4H,1H2,2-3H3;. The summed E-state index contributed by atoms with van der Waals surface area (Å²) >= 11 is -0.407. The number of aliphatic carboxylic acids is 1. The van der Waals surface area contributed by atoms with Crippen molar-refractivity contribution < 1.29 is 9.90 Å². The molecular formula is C16H33AlO2. The van der Waals surface area contributed by atoms with Crippen LogP contribution >= 0.6 is 0 Å². The summed E-state index contributed by atoms with van der Waals surface area (Å²) < 4.78 is 0. The van der Waals surface area contributed by atoms with E-state index in [4.69, 9.17) is 5.11 Å². The Bertz CT molecular complexity index is 222. The molecule has 0 saturated carbocycles. The minimum atomic E-state index is -0.935. The molecule has 19 heavy (non-hydrogen) atoms. The molecule has 0 aliphatic heterocycles. The zero-order valence-electron chi connectivity index (χ0n) is 14.0. The van der Waals surface area contributed by atoms with Crippen LogP contribution in [0.4, 0.5) is 0 Å². The number of carboxylic acids is 1. The van der Waals surface area contributed by atoms with Gasteiger partial charge in [-0.1, -0.05) is 81.7 Å². The Labute approximate surface area is 124 Å². The van der Waals surface area contributed by atoms with E-state index in [-0.39, 0.29) is 5.57 Å². The van der Waals surface area contributed by atoms with E-state index in [1.807, 2.05) is 0 Å². The zero-order valence-corrected chi connectivity index (χ0v) is 15.1. The largest absolute Gasteiger partial charge is 0.478 e. The average Bonchev–Trinajstić information content (AvgIpc) is 2.14. The van der Waals surface area contributed by atoms with Crippen LogP contribution < -0.4 is 0 Å². The molecule has 0 fully saturated rings. The molecule has 0 bridgehead atoms. The summed E-state index contributed by atoms with van der Waals surface area (Å²) in [6, 6.07) is 0. The molecule has 0 rings (SSSR count). The topological polar surface area (TPSA) is 37.3 Å². The van der Waals surface area contributed by atoms with E-state index in [1.54, 1.807) is 15.8 Å². The summed E-state index contributed by atoms with van der Waals surface area (Å²) in [6.45, 7) is 18.9. The van der Waals surface area contributed by atoms with Crippen LogP contribution in [0.25, 0.3) is 0 Å². The van der Waals surface area contributed by atoms with Crippen molar-refractivity contribution in [2.45, 2.75) is 64.3 Å². The fourth-order valence-electron chi connectivity index (χ4n) is 2.29. The second-order valence-electron chi connectivity index (χ2n) is 6.84. The lowest BCUT2D eigenvalue weighted by Gasteiger charge is -2.17. The average molecular weight is 284 g/mol. The van der Waals surface area contributed by atoms with E-state index in [1.165, 1.54) is 6.92 Å². The molecule has 0 radical (unpaired) electrons. The zero-order chi connectivity index (χ0) is 15.6. The van der Waals surface area contributed by atoms with E-state index >= 15 is 0 Å². The first-order valence-electron chi connectivity index (χ1n) is 7.44. The Kier molecular flexibility index (Phi) is 12.8. The number of rotatable bonds is 7. The van der Waals surface area contributed by atoms with E-state index in [0.717, 1.165) is 17.8 Å². The van der Waals surface area contributed by atoms with Crippen LogP contribution in [0.5, 0.6) is 0 Å². The molecule has 0 aromatic rings. The highest BCUT2D eigenvalue weighted by atomic mass is 27.2. The highest BCUT2D eigenvalue weighted by molar-refractivity contribution is 6.58. The van der Waals surface area contributed by atoms with Gasteiger partial charge in [0.05, 0.1) is 0 Å². The van der Waals surface area contributed by atoms with Gasteiger partial charge in [0.2, 0.25) is 0 Å². The smallest absolute Gasteiger partial charge is 0.330 e. The molecule has 2 nitrogen and oxygen atoms in total. The highest BCUT2D eigenvalue weighted by Gasteiger charge is 2.20. The monoisotopic (exact) mass is 284 g/mol. The van der Waals surface area contributed by atoms with Crippen molar-refractivity contribution in [2.24, 2.45) is 17.8 Å². The number of carboxylic acid groups (broad SMARTS) is 1. The summed E-state index contributed by atoms with van der Waals surface area (Å²) in [5, 5.41) is 12.5. The maximum atomic E-state index is 9.60. The van der Waals surface area contributed by atoms with Crippen molar-refractivity contribution in [3.63, 3.8) is 0 Å². The van der Waals surface area contributed by atoms with E-state index in [9.17, 15) is 4.79 Å². The molecule has 0 unspecified atom stereocenters. The molecule has 0 aromatic carbocycles. The minimum absolute atomic E-state index is 0.176. The molecule has 0 amide bonds. The summed E-state index contributed by atoms with van der Waals surface area (Å²) in [7, 11) is 0. The van der Waals surface area contributed by atoms with Gasteiger partial charge in [-0.2, -0.15) is 0 Å². The highest BCUT2D eigenvalue weighted by Crippen LogP contribution is 2.20. The summed E-state index contributed by atoms with van der Waals surface area (Å²) in [6.07, 6.45) is 0. The molecule has 3 heteroatoms. The Hall–Kier alpha value is -0.258. The lowest BCUT2D eigenvalue weighted by Crippen LogP contribution is -2.19. The fraction of sp³-hybridized carbons (Fsp3) is 0.812. The second kappa shape index (κ2) is 11.6. The van der Waals surface area contributed by atoms with Gasteiger partial charge in [0.15, 0.2) is 0 Å². The SMILES string of the molecule is C=C(C)C(=O)O.CC(C)[CH2][Al]([CH2]C(C)C)[CH2]C(C)C. The van der Waals surface area contributed by atoms with Gasteiger partial charge in [0, 0.05) is 5.57 Å². The molecular weight excluding hydrogens is 251 g/mol. The molecule has 0 saturated heterocycles. The normalized spacial score (nSPS) is 10.4. The lowest BCUT2D eigenvalue weighted by atomic mass is 10.2. The number of hydrogen-bond acceptors (Lipinski definition) is 1. The van der Waals surface area contributed by atoms with Crippen LogP contribution in [0.2, 0.25) is 15.8 Å². The van der Waals surface area contributed by atoms with Crippen LogP contribution in [-0.4, -0.2) is 25.2 Å². The van der Waals surface area contributed by atoms with Gasteiger partial charge < -0.3 is 5.11 Å². The Balaban J connectivity index is 0. The van der Waals surface area contributed by atoms with E-state index in [0.29, 0.717) is 0 Å². The van der Waals surface area contributed by atoms with Gasteiger partial charge in [0.1, 0.15) is 0 Å². The van der Waals surface area contributed by atoms with Gasteiger partial charge >= 0.3 is 5.97 Å². The summed E-state index contributed by atoms with van der Waals surface area (Å²) in [5.74, 6) is 1.84. The van der Waals surface area contributed by atoms with Crippen LogP contribution in [0.3, 0.4) is 0 Å². The minimum Gasteiger partial charge on any atom is -0.478 e. The van der Waals surface area contributed by atoms with Gasteiger partial charge in [0.25, 0.3) is 14.1 Å². The van der Waals surface area contributed by atoms with Crippen molar-refractivity contribution in [2.75, 3.05) is 0 Å². The fourth-order valence-corrected chi connectivity index (χ4v) is 6.87. The van der Waals surface area contributed by atoms with Crippen molar-refractivity contribution in [1.82, 2.24) is 0 Å². The van der Waals surface area contributed by atoms with Crippen LogP contribution in [-0.2, 0) is 4.79 Å². The third-order valence-corrected chi connectivity index (χ3v) is 7.61. The second-order valence-corrected chi connectivity index (χ2v) is 9.99. The molecule has 112 valence electrons. The van der Waals surface area contributed by atoms with Crippen LogP contribution in [0, 0.1) is 17.8 Å². The number of hydrogen-bond donors (Lipinski definition) is 1. The molecule has 0 aliphatic rings. The molecule has 0 aliphatic carbocycles. The lowest BCUT2D eigenvalue weighted by molar-refractivity contribution is -0.132. The predicted molar refractivity (Wildman–Crippen MR) is 87.1 cm³/mol. The van der Waals surface area contributed by atoms with Gasteiger partial charge in [-0.3, -0.25) is 0 Å². The maximum absolute atomic E-state index is 9.60. The molecule has 0 heterocycles. The van der Waals surface area contributed by atoms with Crippen molar-refractivity contribution >= 4 is 20.1 Å². The number of carbonyl (C=O) groups is 1. The predicted octanol–water partition coefficient (Wildman–Crippen LogP) is 5.10. The molecule has 0 spiro atoms. The maximum Gasteiger partial charge on any atom is 0.330 e. The first-order valence-corrected chi connectivity index (χ1v) is 9.89. The third kappa shape index (κ3) is 17.7. The molecule has 1 N–H and O–H groups in total. The van der Waals surface area contributed by atoms with Gasteiger partial charge in [-0.15, -0.1) is 0 Å².